The summed E-state index contributed by atoms with van der Waals surface area (Å²) >= 11 is 0. The van der Waals surface area contributed by atoms with E-state index in [4.69, 9.17) is 18.5 Å². The third kappa shape index (κ3) is 28.3. The number of rotatable bonds is 37. The van der Waals surface area contributed by atoms with Crippen molar-refractivity contribution in [2.45, 2.75) is 224 Å². The van der Waals surface area contributed by atoms with Crippen molar-refractivity contribution in [1.82, 2.24) is 0 Å². The molecule has 0 saturated heterocycles. The molecule has 6 N–H and O–H groups in total. The molecule has 8 atom stereocenters. The number of carbonyl (C=O) groups excluding carboxylic acids is 2. The lowest BCUT2D eigenvalue weighted by molar-refractivity contribution is -0.220. The lowest BCUT2D eigenvalue weighted by atomic mass is 9.85. The molecule has 344 valence electrons. The second kappa shape index (κ2) is 35.6. The number of carbonyl (C=O) groups is 2. The number of phosphoric acid groups is 1. The number of allylic oxidation sites excluding steroid dienone is 6. The van der Waals surface area contributed by atoms with Gasteiger partial charge in [0, 0.05) is 12.8 Å². The van der Waals surface area contributed by atoms with E-state index in [2.05, 4.69) is 50.3 Å². The second-order valence-corrected chi connectivity index (χ2v) is 17.3. The minimum atomic E-state index is -5.12. The van der Waals surface area contributed by atoms with E-state index in [1.54, 1.807) is 0 Å². The topological polar surface area (TPSA) is 210 Å². The summed E-state index contributed by atoms with van der Waals surface area (Å²) in [4.78, 5) is 35.6. The molecule has 1 fully saturated rings. The fraction of sp³-hybridized carbons (Fsp3) is 0.822. The van der Waals surface area contributed by atoms with Gasteiger partial charge in [0.15, 0.2) is 6.10 Å². The van der Waals surface area contributed by atoms with Gasteiger partial charge in [0.25, 0.3) is 0 Å². The van der Waals surface area contributed by atoms with E-state index in [0.717, 1.165) is 64.2 Å². The molecule has 0 heterocycles. The monoisotopic (exact) mass is 861 g/mol. The van der Waals surface area contributed by atoms with Crippen LogP contribution < -0.4 is 0 Å². The molecule has 0 spiro atoms. The number of hydrogen-bond donors (Lipinski definition) is 6. The summed E-state index contributed by atoms with van der Waals surface area (Å²) in [6.45, 7) is 3.24. The number of unbranched alkanes of at least 4 members (excludes halogenated alkanes) is 20. The molecule has 1 aliphatic rings. The molecule has 0 amide bonds. The smallest absolute Gasteiger partial charge is 0.462 e. The Labute approximate surface area is 355 Å². The standard InChI is InChI=1S/C45H81O13P/c1-3-5-7-9-11-13-15-17-19-21-23-25-27-29-31-33-38(46)55-35-37(36-56-59(53,54)58-45-43(51)41(49)40(48)42(50)44(45)52)57-39(47)34-32-30-28-26-24-22-20-18-16-14-12-10-8-6-4-2/h14,16,18,20-21,23,37,40-45,48-52H,3-13,15,17,19,22,24-36H2,1-2H3,(H,53,54)/b16-14+,20-18+,23-21+/t37-,40?,41-,42?,43?,44?,45?/m1/s1. The third-order valence-electron chi connectivity index (χ3n) is 10.5. The van der Waals surface area contributed by atoms with Crippen molar-refractivity contribution >= 4 is 19.8 Å². The van der Waals surface area contributed by atoms with Crippen LogP contribution in [0.5, 0.6) is 0 Å². The predicted molar refractivity (Wildman–Crippen MR) is 230 cm³/mol. The van der Waals surface area contributed by atoms with Gasteiger partial charge in [0.1, 0.15) is 43.2 Å². The summed E-state index contributed by atoms with van der Waals surface area (Å²) in [5.41, 5.74) is 0. The fourth-order valence-electron chi connectivity index (χ4n) is 6.74. The van der Waals surface area contributed by atoms with Gasteiger partial charge in [-0.25, -0.2) is 4.57 Å². The van der Waals surface area contributed by atoms with Gasteiger partial charge < -0.3 is 39.9 Å². The van der Waals surface area contributed by atoms with Gasteiger partial charge in [-0.1, -0.05) is 140 Å². The van der Waals surface area contributed by atoms with Crippen LogP contribution in [0, 0.1) is 0 Å². The summed E-state index contributed by atoms with van der Waals surface area (Å²) in [5, 5.41) is 50.1. The van der Waals surface area contributed by atoms with Crippen LogP contribution in [0.2, 0.25) is 0 Å². The molecule has 1 aliphatic carbocycles. The number of aliphatic hydroxyl groups is 5. The minimum absolute atomic E-state index is 0.0762. The number of esters is 2. The first kappa shape index (κ1) is 55.1. The molecule has 13 nitrogen and oxygen atoms in total. The Morgan fingerprint density at radius 3 is 1.42 bits per heavy atom. The summed E-state index contributed by atoms with van der Waals surface area (Å²) in [6.07, 6.45) is 26.3. The van der Waals surface area contributed by atoms with Crippen LogP contribution in [-0.4, -0.2) is 98.3 Å². The molecule has 0 bridgehead atoms. The molecular formula is C45H81O13P. The van der Waals surface area contributed by atoms with E-state index >= 15 is 0 Å². The average Bonchev–Trinajstić information content (AvgIpc) is 3.21. The zero-order valence-electron chi connectivity index (χ0n) is 36.3. The van der Waals surface area contributed by atoms with E-state index in [1.807, 2.05) is 0 Å². The zero-order valence-corrected chi connectivity index (χ0v) is 37.2. The van der Waals surface area contributed by atoms with Gasteiger partial charge in [0.2, 0.25) is 0 Å². The van der Waals surface area contributed by atoms with Crippen molar-refractivity contribution in [3.8, 4) is 0 Å². The third-order valence-corrected chi connectivity index (χ3v) is 11.5. The average molecular weight is 861 g/mol. The first-order chi connectivity index (χ1) is 28.4. The second-order valence-electron chi connectivity index (χ2n) is 15.9. The van der Waals surface area contributed by atoms with E-state index in [-0.39, 0.29) is 12.8 Å². The van der Waals surface area contributed by atoms with Crippen molar-refractivity contribution in [3.63, 3.8) is 0 Å². The molecule has 1 rings (SSSR count). The van der Waals surface area contributed by atoms with Crippen LogP contribution in [0.25, 0.3) is 0 Å². The Balaban J connectivity index is 2.49. The molecular weight excluding hydrogens is 779 g/mol. The molecule has 1 saturated carbocycles. The molecule has 0 radical (unpaired) electrons. The van der Waals surface area contributed by atoms with Crippen LogP contribution in [-0.2, 0) is 32.7 Å². The Bertz CT molecular complexity index is 1180. The molecule has 0 aromatic carbocycles. The lowest BCUT2D eigenvalue weighted by Gasteiger charge is -2.41. The Kier molecular flexibility index (Phi) is 33.3. The molecule has 0 aliphatic heterocycles. The number of ether oxygens (including phenoxy) is 2. The Hall–Kier alpha value is -1.93. The summed E-state index contributed by atoms with van der Waals surface area (Å²) in [7, 11) is -5.12. The first-order valence-electron chi connectivity index (χ1n) is 22.8. The highest BCUT2D eigenvalue weighted by Gasteiger charge is 2.51. The van der Waals surface area contributed by atoms with Crippen molar-refractivity contribution < 1.29 is 63.1 Å². The molecule has 0 aromatic rings. The largest absolute Gasteiger partial charge is 0.472 e. The summed E-state index contributed by atoms with van der Waals surface area (Å²) < 4.78 is 33.5. The SMILES string of the molecule is CCCCCC/C=C/C=C/CCCCCCCC(=O)O[C@H](COC(=O)CCCCC/C=C/CCCCCCCCCC)COP(=O)(O)OC1C(O)C(O)C(O)[C@@H](O)C1O. The highest BCUT2D eigenvalue weighted by atomic mass is 31.2. The van der Waals surface area contributed by atoms with Crippen LogP contribution in [0.15, 0.2) is 36.5 Å². The quantitative estimate of drug-likeness (QED) is 0.0114. The number of hydrogen-bond acceptors (Lipinski definition) is 12. The molecule has 14 heteroatoms. The molecule has 6 unspecified atom stereocenters. The Morgan fingerprint density at radius 2 is 0.915 bits per heavy atom. The Morgan fingerprint density at radius 1 is 0.525 bits per heavy atom. The zero-order chi connectivity index (χ0) is 43.6. The van der Waals surface area contributed by atoms with Gasteiger partial charge in [-0.2, -0.15) is 0 Å². The highest BCUT2D eigenvalue weighted by molar-refractivity contribution is 7.47. The molecule has 59 heavy (non-hydrogen) atoms. The van der Waals surface area contributed by atoms with Crippen molar-refractivity contribution in [3.05, 3.63) is 36.5 Å². The summed E-state index contributed by atoms with van der Waals surface area (Å²) in [6, 6.07) is 0. The van der Waals surface area contributed by atoms with Crippen molar-refractivity contribution in [2.24, 2.45) is 0 Å². The molecule has 0 aromatic heterocycles. The van der Waals surface area contributed by atoms with Crippen molar-refractivity contribution in [1.29, 1.82) is 0 Å². The van der Waals surface area contributed by atoms with Gasteiger partial charge in [0.05, 0.1) is 6.61 Å². The maximum Gasteiger partial charge on any atom is 0.472 e. The van der Waals surface area contributed by atoms with E-state index in [0.29, 0.717) is 12.8 Å². The van der Waals surface area contributed by atoms with Gasteiger partial charge >= 0.3 is 19.8 Å². The van der Waals surface area contributed by atoms with Crippen LogP contribution >= 0.6 is 7.82 Å². The first-order valence-corrected chi connectivity index (χ1v) is 24.3. The summed E-state index contributed by atoms with van der Waals surface area (Å²) in [5.74, 6) is -1.13. The van der Waals surface area contributed by atoms with Crippen molar-refractivity contribution in [2.75, 3.05) is 13.2 Å². The van der Waals surface area contributed by atoms with Crippen LogP contribution in [0.4, 0.5) is 0 Å². The van der Waals surface area contributed by atoms with Crippen LogP contribution in [0.1, 0.15) is 181 Å². The number of aliphatic hydroxyl groups excluding tert-OH is 5. The predicted octanol–water partition coefficient (Wildman–Crippen LogP) is 8.61. The van der Waals surface area contributed by atoms with Gasteiger partial charge in [-0.05, 0) is 64.2 Å². The fourth-order valence-corrected chi connectivity index (χ4v) is 7.72. The highest BCUT2D eigenvalue weighted by Crippen LogP contribution is 2.47. The van der Waals surface area contributed by atoms with E-state index < -0.39 is 75.7 Å². The van der Waals surface area contributed by atoms with E-state index in [9.17, 15) is 44.6 Å². The van der Waals surface area contributed by atoms with Gasteiger partial charge in [-0.3, -0.25) is 18.6 Å². The minimum Gasteiger partial charge on any atom is -0.462 e. The van der Waals surface area contributed by atoms with E-state index in [1.165, 1.54) is 77.0 Å². The van der Waals surface area contributed by atoms with Crippen LogP contribution in [0.3, 0.4) is 0 Å². The number of phosphoric ester groups is 1. The maximum absolute atomic E-state index is 12.8. The van der Waals surface area contributed by atoms with Gasteiger partial charge in [-0.15, -0.1) is 0 Å². The maximum atomic E-state index is 12.8. The normalized spacial score (nSPS) is 22.6. The lowest BCUT2D eigenvalue weighted by Crippen LogP contribution is -2.64.